The molecule has 2 aromatic rings. The van der Waals surface area contributed by atoms with Crippen LogP contribution in [-0.2, 0) is 6.54 Å². The number of benzene rings is 1. The molecule has 0 aliphatic rings. The van der Waals surface area contributed by atoms with Gasteiger partial charge in [-0.2, -0.15) is 15.4 Å². The number of nitrogens with one attached hydrogen (secondary N) is 3. The van der Waals surface area contributed by atoms with Crippen molar-refractivity contribution in [2.24, 2.45) is 0 Å². The number of hydrogen-bond donors (Lipinski definition) is 3. The van der Waals surface area contributed by atoms with Crippen molar-refractivity contribution in [3.8, 4) is 0 Å². The average Bonchev–Trinajstić information content (AvgIpc) is 2.81. The van der Waals surface area contributed by atoms with E-state index in [0.717, 1.165) is 24.1 Å². The van der Waals surface area contributed by atoms with Crippen LogP contribution in [0.1, 0.15) is 26.3 Å². The van der Waals surface area contributed by atoms with Crippen LogP contribution < -0.4 is 10.6 Å². The summed E-state index contributed by atoms with van der Waals surface area (Å²) in [5.41, 5.74) is 3.06. The van der Waals surface area contributed by atoms with Crippen LogP contribution in [-0.4, -0.2) is 34.0 Å². The highest BCUT2D eigenvalue weighted by molar-refractivity contribution is 5.74. The largest absolute Gasteiger partial charge is 0.313 e. The summed E-state index contributed by atoms with van der Waals surface area (Å²) >= 11 is 0. The van der Waals surface area contributed by atoms with Crippen LogP contribution in [0.5, 0.6) is 0 Å². The molecule has 0 saturated carbocycles. The van der Waals surface area contributed by atoms with Gasteiger partial charge in [-0.25, -0.2) is 0 Å². The van der Waals surface area contributed by atoms with Crippen molar-refractivity contribution in [3.05, 3.63) is 23.8 Å². The first kappa shape index (κ1) is 13.0. The van der Waals surface area contributed by atoms with Gasteiger partial charge >= 0.3 is 0 Å². The molecule has 0 fully saturated rings. The molecule has 1 unspecified atom stereocenters. The molecule has 2 rings (SSSR count). The summed E-state index contributed by atoms with van der Waals surface area (Å²) in [7, 11) is 0. The van der Waals surface area contributed by atoms with Gasteiger partial charge in [0.05, 0.1) is 0 Å². The van der Waals surface area contributed by atoms with Gasteiger partial charge in [-0.1, -0.05) is 19.9 Å². The number of aromatic amines is 1. The molecule has 0 aliphatic carbocycles. The van der Waals surface area contributed by atoms with Gasteiger partial charge in [-0.05, 0) is 24.6 Å². The lowest BCUT2D eigenvalue weighted by atomic mass is 10.2. The minimum absolute atomic E-state index is 0.445. The number of rotatable bonds is 6. The molecule has 0 radical (unpaired) electrons. The number of hydrogen-bond acceptors (Lipinski definition) is 4. The average molecular weight is 247 g/mol. The van der Waals surface area contributed by atoms with Crippen LogP contribution in [0, 0.1) is 0 Å². The van der Waals surface area contributed by atoms with Crippen LogP contribution >= 0.6 is 0 Å². The summed E-state index contributed by atoms with van der Waals surface area (Å²) in [5.74, 6) is 0. The highest BCUT2D eigenvalue weighted by Crippen LogP contribution is 2.10. The predicted octanol–water partition coefficient (Wildman–Crippen LogP) is 1.43. The maximum absolute atomic E-state index is 4.09. The first-order valence-corrected chi connectivity index (χ1v) is 6.41. The third-order valence-electron chi connectivity index (χ3n) is 2.87. The van der Waals surface area contributed by atoms with Gasteiger partial charge in [0, 0.05) is 25.2 Å². The molecule has 1 aromatic carbocycles. The van der Waals surface area contributed by atoms with E-state index in [1.54, 1.807) is 0 Å². The molecule has 3 N–H and O–H groups in total. The third kappa shape index (κ3) is 3.51. The molecule has 0 aliphatic heterocycles. The molecule has 0 spiro atoms. The Labute approximate surface area is 107 Å². The summed E-state index contributed by atoms with van der Waals surface area (Å²) in [5, 5.41) is 17.7. The summed E-state index contributed by atoms with van der Waals surface area (Å²) in [6.07, 6.45) is 0. The monoisotopic (exact) mass is 247 g/mol. The normalized spacial score (nSPS) is 13.3. The molecular formula is C13H21N5. The second-order valence-electron chi connectivity index (χ2n) is 4.99. The fourth-order valence-electron chi connectivity index (χ4n) is 1.77. The van der Waals surface area contributed by atoms with Gasteiger partial charge < -0.3 is 10.6 Å². The molecule has 18 heavy (non-hydrogen) atoms. The maximum Gasteiger partial charge on any atom is 0.113 e. The SMILES string of the molecule is CC(C)NCC(C)NCc1ccc2n[nH]nc2c1. The van der Waals surface area contributed by atoms with Gasteiger partial charge in [0.25, 0.3) is 0 Å². The Hall–Kier alpha value is -1.46. The summed E-state index contributed by atoms with van der Waals surface area (Å²) < 4.78 is 0. The van der Waals surface area contributed by atoms with Crippen molar-refractivity contribution >= 4 is 11.0 Å². The lowest BCUT2D eigenvalue weighted by Gasteiger charge is -2.16. The first-order chi connectivity index (χ1) is 8.65. The molecule has 0 saturated heterocycles. The topological polar surface area (TPSA) is 65.6 Å². The van der Waals surface area contributed by atoms with Crippen molar-refractivity contribution in [2.45, 2.75) is 39.4 Å². The number of aromatic nitrogens is 3. The predicted molar refractivity (Wildman–Crippen MR) is 73.3 cm³/mol. The van der Waals surface area contributed by atoms with E-state index in [9.17, 15) is 0 Å². The van der Waals surface area contributed by atoms with E-state index in [2.05, 4.69) is 58.9 Å². The Morgan fingerprint density at radius 1 is 1.11 bits per heavy atom. The molecule has 98 valence electrons. The first-order valence-electron chi connectivity index (χ1n) is 6.41. The molecule has 1 atom stereocenters. The molecule has 1 aromatic heterocycles. The van der Waals surface area contributed by atoms with Crippen LogP contribution in [0.15, 0.2) is 18.2 Å². The van der Waals surface area contributed by atoms with Crippen LogP contribution in [0.4, 0.5) is 0 Å². The van der Waals surface area contributed by atoms with Gasteiger partial charge in [-0.3, -0.25) is 0 Å². The Morgan fingerprint density at radius 3 is 2.67 bits per heavy atom. The molecule has 1 heterocycles. The number of fused-ring (bicyclic) bond motifs is 1. The molecule has 5 heteroatoms. The van der Waals surface area contributed by atoms with Gasteiger partial charge in [0.15, 0.2) is 0 Å². The number of nitrogens with zero attached hydrogens (tertiary/aromatic N) is 2. The van der Waals surface area contributed by atoms with Gasteiger partial charge in [-0.15, -0.1) is 0 Å². The lowest BCUT2D eigenvalue weighted by molar-refractivity contribution is 0.474. The zero-order chi connectivity index (χ0) is 13.0. The quantitative estimate of drug-likeness (QED) is 0.722. The minimum atomic E-state index is 0.445. The van der Waals surface area contributed by atoms with Crippen molar-refractivity contribution in [3.63, 3.8) is 0 Å². The lowest BCUT2D eigenvalue weighted by Crippen LogP contribution is -2.38. The highest BCUT2D eigenvalue weighted by atomic mass is 15.3. The van der Waals surface area contributed by atoms with Crippen molar-refractivity contribution in [2.75, 3.05) is 6.54 Å². The molecule has 0 amide bonds. The maximum atomic E-state index is 4.09. The van der Waals surface area contributed by atoms with Crippen LogP contribution in [0.2, 0.25) is 0 Å². The Morgan fingerprint density at radius 2 is 1.89 bits per heavy atom. The summed E-state index contributed by atoms with van der Waals surface area (Å²) in [4.78, 5) is 0. The van der Waals surface area contributed by atoms with E-state index in [4.69, 9.17) is 0 Å². The van der Waals surface area contributed by atoms with E-state index in [1.165, 1.54) is 5.56 Å². The summed E-state index contributed by atoms with van der Waals surface area (Å²) in [6.45, 7) is 8.33. The van der Waals surface area contributed by atoms with E-state index in [0.29, 0.717) is 12.1 Å². The van der Waals surface area contributed by atoms with Crippen molar-refractivity contribution < 1.29 is 0 Å². The van der Waals surface area contributed by atoms with Gasteiger partial charge in [0.2, 0.25) is 0 Å². The Bertz CT molecular complexity index is 491. The molecular weight excluding hydrogens is 226 g/mol. The van der Waals surface area contributed by atoms with Crippen LogP contribution in [0.25, 0.3) is 11.0 Å². The molecule has 5 nitrogen and oxygen atoms in total. The number of H-pyrrole nitrogens is 1. The standard InChI is InChI=1S/C13H21N5/c1-9(2)14-7-10(3)15-8-11-4-5-12-13(6-11)17-18-16-12/h4-6,9-10,14-15H,7-8H2,1-3H3,(H,16,17,18). The van der Waals surface area contributed by atoms with Crippen LogP contribution in [0.3, 0.4) is 0 Å². The van der Waals surface area contributed by atoms with E-state index >= 15 is 0 Å². The third-order valence-corrected chi connectivity index (χ3v) is 2.87. The fraction of sp³-hybridized carbons (Fsp3) is 0.538. The highest BCUT2D eigenvalue weighted by Gasteiger charge is 2.04. The van der Waals surface area contributed by atoms with E-state index < -0.39 is 0 Å². The van der Waals surface area contributed by atoms with E-state index in [-0.39, 0.29) is 0 Å². The van der Waals surface area contributed by atoms with Crippen molar-refractivity contribution in [1.29, 1.82) is 0 Å². The van der Waals surface area contributed by atoms with Crippen molar-refractivity contribution in [1.82, 2.24) is 26.0 Å². The zero-order valence-corrected chi connectivity index (χ0v) is 11.2. The smallest absolute Gasteiger partial charge is 0.113 e. The second kappa shape index (κ2) is 5.93. The summed E-state index contributed by atoms with van der Waals surface area (Å²) in [6, 6.07) is 7.11. The second-order valence-corrected chi connectivity index (χ2v) is 4.99. The Kier molecular flexibility index (Phi) is 4.28. The zero-order valence-electron chi connectivity index (χ0n) is 11.2. The minimum Gasteiger partial charge on any atom is -0.313 e. The Balaban J connectivity index is 1.85. The fourth-order valence-corrected chi connectivity index (χ4v) is 1.77. The van der Waals surface area contributed by atoms with E-state index in [1.807, 2.05) is 6.07 Å². The van der Waals surface area contributed by atoms with Gasteiger partial charge in [0.1, 0.15) is 11.0 Å². The molecule has 0 bridgehead atoms.